The standard InChI is InChI=1S/C11H17N3O3S/c1-2-4-14-10(16)12-13-11(14)18-7-9(15)8-3-5-17-6-8/h8H,2-7H2,1H3,(H,12,16). The second-order valence-electron chi connectivity index (χ2n) is 4.28. The van der Waals surface area contributed by atoms with Crippen molar-refractivity contribution in [2.75, 3.05) is 19.0 Å². The Morgan fingerprint density at radius 3 is 3.17 bits per heavy atom. The molecule has 1 aliphatic rings. The first-order valence-corrected chi connectivity index (χ1v) is 7.09. The van der Waals surface area contributed by atoms with Crippen LogP contribution in [0.4, 0.5) is 0 Å². The summed E-state index contributed by atoms with van der Waals surface area (Å²) in [7, 11) is 0. The number of hydrogen-bond donors (Lipinski definition) is 1. The highest BCUT2D eigenvalue weighted by molar-refractivity contribution is 7.99. The number of hydrogen-bond acceptors (Lipinski definition) is 5. The maximum atomic E-state index is 11.9. The molecule has 0 amide bonds. The van der Waals surface area contributed by atoms with Crippen LogP contribution in [0.2, 0.25) is 0 Å². The molecule has 0 radical (unpaired) electrons. The van der Waals surface area contributed by atoms with Gasteiger partial charge in [-0.15, -0.1) is 5.10 Å². The number of aromatic amines is 1. The van der Waals surface area contributed by atoms with Gasteiger partial charge in [0.15, 0.2) is 5.16 Å². The third-order valence-electron chi connectivity index (χ3n) is 2.90. The zero-order valence-corrected chi connectivity index (χ0v) is 11.2. The fourth-order valence-corrected chi connectivity index (χ4v) is 2.82. The van der Waals surface area contributed by atoms with E-state index in [4.69, 9.17) is 4.74 Å². The van der Waals surface area contributed by atoms with Crippen LogP contribution in [0, 0.1) is 5.92 Å². The van der Waals surface area contributed by atoms with Gasteiger partial charge < -0.3 is 4.74 Å². The van der Waals surface area contributed by atoms with E-state index in [0.717, 1.165) is 12.8 Å². The Bertz CT molecular complexity index is 462. The van der Waals surface area contributed by atoms with Gasteiger partial charge in [-0.3, -0.25) is 9.36 Å². The lowest BCUT2D eigenvalue weighted by Crippen LogP contribution is -2.19. The lowest BCUT2D eigenvalue weighted by atomic mass is 10.1. The van der Waals surface area contributed by atoms with Crippen LogP contribution in [0.1, 0.15) is 19.8 Å². The predicted molar refractivity (Wildman–Crippen MR) is 67.8 cm³/mol. The zero-order chi connectivity index (χ0) is 13.0. The van der Waals surface area contributed by atoms with Gasteiger partial charge in [0.25, 0.3) is 0 Å². The van der Waals surface area contributed by atoms with Crippen LogP contribution in [0.5, 0.6) is 0 Å². The van der Waals surface area contributed by atoms with E-state index in [1.54, 1.807) is 4.57 Å². The average molecular weight is 271 g/mol. The Hall–Kier alpha value is -1.08. The number of aromatic nitrogens is 3. The molecule has 1 aliphatic heterocycles. The third-order valence-corrected chi connectivity index (χ3v) is 3.90. The first kappa shape index (κ1) is 13.4. The Labute approximate surface area is 109 Å². The number of carbonyl (C=O) groups excluding carboxylic acids is 1. The number of Topliss-reactive ketones (excluding diaryl/α,β-unsaturated/α-hetero) is 1. The van der Waals surface area contributed by atoms with Crippen molar-refractivity contribution in [2.24, 2.45) is 5.92 Å². The van der Waals surface area contributed by atoms with Gasteiger partial charge in [0, 0.05) is 19.1 Å². The van der Waals surface area contributed by atoms with E-state index >= 15 is 0 Å². The van der Waals surface area contributed by atoms with Crippen LogP contribution < -0.4 is 5.69 Å². The van der Waals surface area contributed by atoms with Gasteiger partial charge in [0.2, 0.25) is 0 Å². The SMILES string of the molecule is CCCn1c(SCC(=O)C2CCOC2)n[nH]c1=O. The summed E-state index contributed by atoms with van der Waals surface area (Å²) in [5, 5.41) is 6.95. The van der Waals surface area contributed by atoms with E-state index in [0.29, 0.717) is 30.7 Å². The molecule has 1 atom stereocenters. The summed E-state index contributed by atoms with van der Waals surface area (Å²) in [4.78, 5) is 23.3. The highest BCUT2D eigenvalue weighted by atomic mass is 32.2. The summed E-state index contributed by atoms with van der Waals surface area (Å²) >= 11 is 1.32. The fraction of sp³-hybridized carbons (Fsp3) is 0.727. The quantitative estimate of drug-likeness (QED) is 0.770. The molecule has 0 aliphatic carbocycles. The molecule has 1 aromatic rings. The number of rotatable bonds is 6. The Morgan fingerprint density at radius 1 is 1.67 bits per heavy atom. The topological polar surface area (TPSA) is 77.0 Å². The maximum Gasteiger partial charge on any atom is 0.343 e. The van der Waals surface area contributed by atoms with Crippen LogP contribution in [0.3, 0.4) is 0 Å². The van der Waals surface area contributed by atoms with Crippen molar-refractivity contribution >= 4 is 17.5 Å². The van der Waals surface area contributed by atoms with E-state index in [2.05, 4.69) is 10.2 Å². The van der Waals surface area contributed by atoms with Gasteiger partial charge in [-0.1, -0.05) is 18.7 Å². The minimum absolute atomic E-state index is 0.0165. The molecule has 0 saturated carbocycles. The molecule has 1 aromatic heterocycles. The van der Waals surface area contributed by atoms with Crippen molar-refractivity contribution in [3.8, 4) is 0 Å². The lowest BCUT2D eigenvalue weighted by molar-refractivity contribution is -0.120. The molecule has 1 saturated heterocycles. The van der Waals surface area contributed by atoms with E-state index in [-0.39, 0.29) is 17.4 Å². The third kappa shape index (κ3) is 3.02. The number of H-pyrrole nitrogens is 1. The van der Waals surface area contributed by atoms with Crippen molar-refractivity contribution in [1.82, 2.24) is 14.8 Å². The number of thioether (sulfide) groups is 1. The minimum Gasteiger partial charge on any atom is -0.381 e. The molecule has 7 heteroatoms. The average Bonchev–Trinajstić information content (AvgIpc) is 2.99. The molecule has 18 heavy (non-hydrogen) atoms. The molecule has 1 N–H and O–H groups in total. The van der Waals surface area contributed by atoms with Gasteiger partial charge in [0.1, 0.15) is 5.78 Å². The van der Waals surface area contributed by atoms with Gasteiger partial charge in [0.05, 0.1) is 12.4 Å². The second-order valence-corrected chi connectivity index (χ2v) is 5.22. The number of ketones is 1. The number of ether oxygens (including phenoxy) is 1. The normalized spacial score (nSPS) is 19.3. The second kappa shape index (κ2) is 6.19. The number of nitrogens with one attached hydrogen (secondary N) is 1. The molecule has 0 bridgehead atoms. The van der Waals surface area contributed by atoms with Crippen LogP contribution in [-0.4, -0.2) is 39.5 Å². The van der Waals surface area contributed by atoms with E-state index in [1.807, 2.05) is 6.92 Å². The van der Waals surface area contributed by atoms with Gasteiger partial charge in [-0.25, -0.2) is 9.89 Å². The van der Waals surface area contributed by atoms with Gasteiger partial charge in [-0.2, -0.15) is 0 Å². The molecule has 6 nitrogen and oxygen atoms in total. The molecular formula is C11H17N3O3S. The Kier molecular flexibility index (Phi) is 4.60. The summed E-state index contributed by atoms with van der Waals surface area (Å²) in [6.45, 7) is 3.82. The molecule has 2 heterocycles. The number of carbonyl (C=O) groups is 1. The monoisotopic (exact) mass is 271 g/mol. The van der Waals surface area contributed by atoms with Crippen LogP contribution in [0.15, 0.2) is 9.95 Å². The highest BCUT2D eigenvalue weighted by Crippen LogP contribution is 2.19. The number of nitrogens with zero attached hydrogens (tertiary/aromatic N) is 2. The van der Waals surface area contributed by atoms with Gasteiger partial charge >= 0.3 is 5.69 Å². The van der Waals surface area contributed by atoms with Crippen molar-refractivity contribution in [1.29, 1.82) is 0 Å². The van der Waals surface area contributed by atoms with Crippen molar-refractivity contribution in [3.05, 3.63) is 10.5 Å². The largest absolute Gasteiger partial charge is 0.381 e. The molecular weight excluding hydrogens is 254 g/mol. The molecule has 0 spiro atoms. The zero-order valence-electron chi connectivity index (χ0n) is 10.3. The predicted octanol–water partition coefficient (Wildman–Crippen LogP) is 0.679. The Balaban J connectivity index is 1.93. The first-order chi connectivity index (χ1) is 8.72. The lowest BCUT2D eigenvalue weighted by Gasteiger charge is -2.06. The van der Waals surface area contributed by atoms with Crippen molar-refractivity contribution in [3.63, 3.8) is 0 Å². The van der Waals surface area contributed by atoms with Crippen molar-refractivity contribution < 1.29 is 9.53 Å². The summed E-state index contributed by atoms with van der Waals surface area (Å²) in [5.74, 6) is 0.543. The van der Waals surface area contributed by atoms with Gasteiger partial charge in [-0.05, 0) is 12.8 Å². The summed E-state index contributed by atoms with van der Waals surface area (Å²) in [6, 6.07) is 0. The minimum atomic E-state index is -0.212. The van der Waals surface area contributed by atoms with Crippen LogP contribution >= 0.6 is 11.8 Å². The summed E-state index contributed by atoms with van der Waals surface area (Å²) in [5.41, 5.74) is -0.212. The van der Waals surface area contributed by atoms with E-state index in [9.17, 15) is 9.59 Å². The van der Waals surface area contributed by atoms with Crippen molar-refractivity contribution in [2.45, 2.75) is 31.5 Å². The summed E-state index contributed by atoms with van der Waals surface area (Å²) in [6.07, 6.45) is 1.67. The maximum absolute atomic E-state index is 11.9. The van der Waals surface area contributed by atoms with Crippen LogP contribution in [-0.2, 0) is 16.1 Å². The van der Waals surface area contributed by atoms with Crippen LogP contribution in [0.25, 0.3) is 0 Å². The fourth-order valence-electron chi connectivity index (χ4n) is 1.88. The first-order valence-electron chi connectivity index (χ1n) is 6.10. The molecule has 100 valence electrons. The highest BCUT2D eigenvalue weighted by Gasteiger charge is 2.23. The summed E-state index contributed by atoms with van der Waals surface area (Å²) < 4.78 is 6.76. The molecule has 2 rings (SSSR count). The smallest absolute Gasteiger partial charge is 0.343 e. The van der Waals surface area contributed by atoms with E-state index in [1.165, 1.54) is 11.8 Å². The Morgan fingerprint density at radius 2 is 2.50 bits per heavy atom. The molecule has 0 aromatic carbocycles. The molecule has 1 unspecified atom stereocenters. The molecule has 1 fully saturated rings. The van der Waals surface area contributed by atoms with E-state index < -0.39 is 0 Å².